The van der Waals surface area contributed by atoms with Gasteiger partial charge in [0.2, 0.25) is 0 Å². The predicted molar refractivity (Wildman–Crippen MR) is 119 cm³/mol. The van der Waals surface area contributed by atoms with E-state index in [1.807, 2.05) is 48.5 Å². The molecule has 3 aromatic carbocycles. The van der Waals surface area contributed by atoms with Crippen LogP contribution in [0.4, 0.5) is 0 Å². The summed E-state index contributed by atoms with van der Waals surface area (Å²) in [5.41, 5.74) is 5.81. The fraction of sp³-hybridized carbons (Fsp3) is 0.231. The Bertz CT molecular complexity index is 1150. The number of rotatable bonds is 4. The Balaban J connectivity index is 1.63. The number of nitrogens with one attached hydrogen (secondary N) is 1. The summed E-state index contributed by atoms with van der Waals surface area (Å²) in [5.74, 6) is 1.08. The third kappa shape index (κ3) is 3.86. The van der Waals surface area contributed by atoms with Crippen LogP contribution in [0.3, 0.4) is 0 Å². The maximum Gasteiger partial charge on any atom is 0.193 e. The van der Waals surface area contributed by atoms with Crippen LogP contribution in [-0.2, 0) is 5.41 Å². The molecule has 3 nitrogen and oxygen atoms in total. The first-order valence-electron chi connectivity index (χ1n) is 10.0. The van der Waals surface area contributed by atoms with Crippen LogP contribution in [0.1, 0.15) is 66.5 Å². The molecule has 29 heavy (non-hydrogen) atoms. The number of carbonyl (C=O) groups is 1. The van der Waals surface area contributed by atoms with Crippen LogP contribution in [0.5, 0.6) is 0 Å². The third-order valence-electron chi connectivity index (χ3n) is 5.49. The largest absolute Gasteiger partial charge is 0.341 e. The van der Waals surface area contributed by atoms with Gasteiger partial charge in [0.25, 0.3) is 0 Å². The minimum absolute atomic E-state index is 0.0227. The van der Waals surface area contributed by atoms with Gasteiger partial charge in [-0.15, -0.1) is 0 Å². The Hall–Kier alpha value is -3.20. The van der Waals surface area contributed by atoms with Crippen LogP contribution in [0, 0.1) is 0 Å². The molecule has 0 saturated heterocycles. The van der Waals surface area contributed by atoms with Crippen molar-refractivity contribution < 1.29 is 4.79 Å². The van der Waals surface area contributed by atoms with Gasteiger partial charge in [0, 0.05) is 17.0 Å². The summed E-state index contributed by atoms with van der Waals surface area (Å²) in [7, 11) is 0. The second-order valence-corrected chi connectivity index (χ2v) is 8.64. The van der Waals surface area contributed by atoms with E-state index in [1.54, 1.807) is 0 Å². The molecule has 146 valence electrons. The molecule has 0 aliphatic rings. The zero-order chi connectivity index (χ0) is 20.6. The second kappa shape index (κ2) is 7.32. The van der Waals surface area contributed by atoms with Crippen LogP contribution in [-0.4, -0.2) is 15.8 Å². The van der Waals surface area contributed by atoms with Crippen LogP contribution >= 0.6 is 0 Å². The number of aromatic nitrogens is 2. The van der Waals surface area contributed by atoms with Crippen molar-refractivity contribution >= 4 is 16.8 Å². The summed E-state index contributed by atoms with van der Waals surface area (Å²) in [6.07, 6.45) is 0. The number of ketones is 1. The van der Waals surface area contributed by atoms with Crippen molar-refractivity contribution in [2.45, 2.75) is 39.0 Å². The normalized spacial score (nSPS) is 12.8. The first-order valence-corrected chi connectivity index (χ1v) is 10.0. The van der Waals surface area contributed by atoms with Crippen LogP contribution in [0.15, 0.2) is 72.8 Å². The standard InChI is InChI=1S/C26H26N2O/c1-17(18-10-13-21(14-11-18)26(2,3)4)25-27-22-15-12-20(16-23(22)28-25)24(29)19-8-6-5-7-9-19/h5-17H,1-4H3,(H,27,28). The summed E-state index contributed by atoms with van der Waals surface area (Å²) in [6, 6.07) is 23.8. The van der Waals surface area contributed by atoms with Crippen molar-refractivity contribution in [1.29, 1.82) is 0 Å². The maximum atomic E-state index is 12.7. The predicted octanol–water partition coefficient (Wildman–Crippen LogP) is 6.24. The number of hydrogen-bond acceptors (Lipinski definition) is 2. The molecular formula is C26H26N2O. The molecular weight excluding hydrogens is 356 g/mol. The van der Waals surface area contributed by atoms with Crippen molar-refractivity contribution in [3.63, 3.8) is 0 Å². The summed E-state index contributed by atoms with van der Waals surface area (Å²) < 4.78 is 0. The van der Waals surface area contributed by atoms with E-state index < -0.39 is 0 Å². The fourth-order valence-electron chi connectivity index (χ4n) is 3.56. The third-order valence-corrected chi connectivity index (χ3v) is 5.49. The molecule has 1 atom stereocenters. The Morgan fingerprint density at radius 1 is 0.897 bits per heavy atom. The number of carbonyl (C=O) groups excluding carboxylic acids is 1. The number of hydrogen-bond donors (Lipinski definition) is 1. The maximum absolute atomic E-state index is 12.7. The van der Waals surface area contributed by atoms with Crippen LogP contribution in [0.2, 0.25) is 0 Å². The minimum Gasteiger partial charge on any atom is -0.341 e. The van der Waals surface area contributed by atoms with E-state index >= 15 is 0 Å². The molecule has 1 unspecified atom stereocenters. The smallest absolute Gasteiger partial charge is 0.193 e. The van der Waals surface area contributed by atoms with Gasteiger partial charge in [-0.2, -0.15) is 0 Å². The van der Waals surface area contributed by atoms with E-state index in [0.29, 0.717) is 11.1 Å². The lowest BCUT2D eigenvalue weighted by atomic mass is 9.85. The molecule has 0 aliphatic carbocycles. The van der Waals surface area contributed by atoms with E-state index in [1.165, 1.54) is 11.1 Å². The minimum atomic E-state index is 0.0227. The van der Waals surface area contributed by atoms with Gasteiger partial charge in [0.1, 0.15) is 5.82 Å². The van der Waals surface area contributed by atoms with Gasteiger partial charge >= 0.3 is 0 Å². The number of nitrogens with zero attached hydrogens (tertiary/aromatic N) is 1. The van der Waals surface area contributed by atoms with Gasteiger partial charge < -0.3 is 4.98 Å². The summed E-state index contributed by atoms with van der Waals surface area (Å²) in [4.78, 5) is 20.9. The molecule has 0 spiro atoms. The van der Waals surface area contributed by atoms with E-state index in [9.17, 15) is 4.79 Å². The average molecular weight is 383 g/mol. The molecule has 1 aromatic heterocycles. The number of benzene rings is 3. The topological polar surface area (TPSA) is 45.8 Å². The van der Waals surface area contributed by atoms with Gasteiger partial charge in [-0.05, 0) is 34.7 Å². The van der Waals surface area contributed by atoms with E-state index in [0.717, 1.165) is 16.9 Å². The van der Waals surface area contributed by atoms with Gasteiger partial charge in [0.05, 0.1) is 11.0 Å². The lowest BCUT2D eigenvalue weighted by Crippen LogP contribution is -2.11. The van der Waals surface area contributed by atoms with Gasteiger partial charge in [0.15, 0.2) is 5.78 Å². The molecule has 0 saturated carbocycles. The monoisotopic (exact) mass is 382 g/mol. The molecule has 4 rings (SSSR count). The first-order chi connectivity index (χ1) is 13.8. The Kier molecular flexibility index (Phi) is 4.83. The molecule has 0 bridgehead atoms. The molecule has 3 heteroatoms. The van der Waals surface area contributed by atoms with Gasteiger partial charge in [-0.25, -0.2) is 4.98 Å². The van der Waals surface area contributed by atoms with Gasteiger partial charge in [-0.1, -0.05) is 82.3 Å². The second-order valence-electron chi connectivity index (χ2n) is 8.64. The molecule has 0 amide bonds. The summed E-state index contributed by atoms with van der Waals surface area (Å²) in [5, 5.41) is 0. The van der Waals surface area contributed by atoms with Crippen molar-refractivity contribution in [3.05, 3.63) is 101 Å². The summed E-state index contributed by atoms with van der Waals surface area (Å²) >= 11 is 0. The number of H-pyrrole nitrogens is 1. The molecule has 4 aromatic rings. The lowest BCUT2D eigenvalue weighted by Gasteiger charge is -2.20. The SMILES string of the molecule is CC(c1ccc(C(C)(C)C)cc1)c1nc2ccc(C(=O)c3ccccc3)cc2[nH]1. The number of imidazole rings is 1. The zero-order valence-electron chi connectivity index (χ0n) is 17.4. The Morgan fingerprint density at radius 2 is 1.59 bits per heavy atom. The van der Waals surface area contributed by atoms with E-state index in [2.05, 4.69) is 56.9 Å². The molecule has 0 aliphatic heterocycles. The van der Waals surface area contributed by atoms with E-state index in [4.69, 9.17) is 4.98 Å². The van der Waals surface area contributed by atoms with Crippen molar-refractivity contribution in [3.8, 4) is 0 Å². The highest BCUT2D eigenvalue weighted by Crippen LogP contribution is 2.28. The fourth-order valence-corrected chi connectivity index (χ4v) is 3.56. The number of fused-ring (bicyclic) bond motifs is 1. The van der Waals surface area contributed by atoms with Crippen molar-refractivity contribution in [2.75, 3.05) is 0 Å². The highest BCUT2D eigenvalue weighted by atomic mass is 16.1. The Labute approximate surface area is 171 Å². The van der Waals surface area contributed by atoms with E-state index in [-0.39, 0.29) is 17.1 Å². The molecule has 1 N–H and O–H groups in total. The van der Waals surface area contributed by atoms with Crippen LogP contribution in [0.25, 0.3) is 11.0 Å². The quantitative estimate of drug-likeness (QED) is 0.424. The molecule has 1 heterocycles. The first kappa shape index (κ1) is 19.1. The molecule has 0 fully saturated rings. The van der Waals surface area contributed by atoms with Crippen LogP contribution < -0.4 is 0 Å². The van der Waals surface area contributed by atoms with Crippen molar-refractivity contribution in [1.82, 2.24) is 9.97 Å². The summed E-state index contributed by atoms with van der Waals surface area (Å²) in [6.45, 7) is 8.82. The average Bonchev–Trinajstić information content (AvgIpc) is 3.16. The number of aromatic amines is 1. The van der Waals surface area contributed by atoms with Gasteiger partial charge in [-0.3, -0.25) is 4.79 Å². The highest BCUT2D eigenvalue weighted by Gasteiger charge is 2.17. The zero-order valence-corrected chi connectivity index (χ0v) is 17.4. The Morgan fingerprint density at radius 3 is 2.24 bits per heavy atom. The molecule has 0 radical (unpaired) electrons. The lowest BCUT2D eigenvalue weighted by molar-refractivity contribution is 0.103. The van der Waals surface area contributed by atoms with Crippen molar-refractivity contribution in [2.24, 2.45) is 0 Å². The highest BCUT2D eigenvalue weighted by molar-refractivity contribution is 6.10.